The number of morpholine rings is 1. The van der Waals surface area contributed by atoms with Gasteiger partial charge in [-0.15, -0.1) is 0 Å². The number of ether oxygens (including phenoxy) is 1. The monoisotopic (exact) mass is 211 g/mol. The Balaban J connectivity index is 2.03. The Hall–Kier alpha value is -0.0800. The normalized spacial score (nSPS) is 31.0. The first-order valence-electron chi connectivity index (χ1n) is 6.60. The van der Waals surface area contributed by atoms with Gasteiger partial charge in [0.05, 0.1) is 12.2 Å². The van der Waals surface area contributed by atoms with Gasteiger partial charge in [-0.25, -0.2) is 0 Å². The number of nitrogens with one attached hydrogen (secondary N) is 1. The minimum Gasteiger partial charge on any atom is -0.372 e. The Morgan fingerprint density at radius 1 is 1.27 bits per heavy atom. The Morgan fingerprint density at radius 2 is 2.00 bits per heavy atom. The van der Waals surface area contributed by atoms with Crippen molar-refractivity contribution in [1.29, 1.82) is 0 Å². The molecule has 0 amide bonds. The van der Waals surface area contributed by atoms with Crippen LogP contribution in [-0.4, -0.2) is 24.8 Å². The fraction of sp³-hybridized carbons (Fsp3) is 1.00. The van der Waals surface area contributed by atoms with Crippen LogP contribution in [0.4, 0.5) is 0 Å². The molecule has 1 N–H and O–H groups in total. The van der Waals surface area contributed by atoms with Crippen molar-refractivity contribution in [2.24, 2.45) is 5.92 Å². The van der Waals surface area contributed by atoms with Crippen LogP contribution in [0.5, 0.6) is 0 Å². The van der Waals surface area contributed by atoms with Crippen LogP contribution in [0.1, 0.15) is 52.4 Å². The molecule has 1 atom stereocenters. The summed E-state index contributed by atoms with van der Waals surface area (Å²) in [5, 5.41) is 3.69. The van der Waals surface area contributed by atoms with E-state index in [1.807, 2.05) is 0 Å². The van der Waals surface area contributed by atoms with E-state index in [9.17, 15) is 0 Å². The maximum absolute atomic E-state index is 6.16. The Labute approximate surface area is 93.8 Å². The van der Waals surface area contributed by atoms with Crippen molar-refractivity contribution < 1.29 is 4.74 Å². The molecule has 0 bridgehead atoms. The van der Waals surface area contributed by atoms with Crippen molar-refractivity contribution in [1.82, 2.24) is 5.32 Å². The summed E-state index contributed by atoms with van der Waals surface area (Å²) in [5.74, 6) is 0.767. The molecule has 1 saturated carbocycles. The van der Waals surface area contributed by atoms with E-state index >= 15 is 0 Å². The molecule has 1 spiro atoms. The molecule has 0 aromatic heterocycles. The number of hydrogen-bond acceptors (Lipinski definition) is 2. The summed E-state index contributed by atoms with van der Waals surface area (Å²) in [6.45, 7) is 6.58. The first-order chi connectivity index (χ1) is 7.23. The van der Waals surface area contributed by atoms with Crippen LogP contribution in [-0.2, 0) is 4.74 Å². The van der Waals surface area contributed by atoms with E-state index in [0.29, 0.717) is 6.04 Å². The van der Waals surface area contributed by atoms with Gasteiger partial charge < -0.3 is 10.1 Å². The van der Waals surface area contributed by atoms with Gasteiger partial charge in [-0.3, -0.25) is 0 Å². The van der Waals surface area contributed by atoms with E-state index in [2.05, 4.69) is 19.2 Å². The highest BCUT2D eigenvalue weighted by Gasteiger charge is 2.42. The molecule has 2 rings (SSSR count). The summed E-state index contributed by atoms with van der Waals surface area (Å²) in [6, 6.07) is 0.603. The second-order valence-corrected chi connectivity index (χ2v) is 5.61. The topological polar surface area (TPSA) is 21.3 Å². The van der Waals surface area contributed by atoms with Gasteiger partial charge in [0.1, 0.15) is 0 Å². The lowest BCUT2D eigenvalue weighted by atomic mass is 9.76. The first-order valence-corrected chi connectivity index (χ1v) is 6.60. The van der Waals surface area contributed by atoms with E-state index < -0.39 is 0 Å². The van der Waals surface area contributed by atoms with Crippen LogP contribution in [0.2, 0.25) is 0 Å². The molecule has 2 aliphatic rings. The van der Waals surface area contributed by atoms with Crippen molar-refractivity contribution >= 4 is 0 Å². The number of hydrogen-bond donors (Lipinski definition) is 1. The van der Waals surface area contributed by atoms with Gasteiger partial charge in [-0.05, 0) is 25.2 Å². The maximum atomic E-state index is 6.16. The summed E-state index contributed by atoms with van der Waals surface area (Å²) < 4.78 is 6.16. The lowest BCUT2D eigenvalue weighted by Gasteiger charge is -2.47. The molecule has 15 heavy (non-hydrogen) atoms. The summed E-state index contributed by atoms with van der Waals surface area (Å²) in [6.07, 6.45) is 7.93. The van der Waals surface area contributed by atoms with E-state index in [-0.39, 0.29) is 5.60 Å². The second kappa shape index (κ2) is 4.84. The van der Waals surface area contributed by atoms with E-state index in [0.717, 1.165) is 19.1 Å². The highest BCUT2D eigenvalue weighted by atomic mass is 16.5. The molecule has 2 heteroatoms. The van der Waals surface area contributed by atoms with Gasteiger partial charge in [-0.2, -0.15) is 0 Å². The van der Waals surface area contributed by atoms with Crippen LogP contribution < -0.4 is 5.32 Å². The van der Waals surface area contributed by atoms with Gasteiger partial charge in [0, 0.05) is 12.6 Å². The molecule has 1 aliphatic carbocycles. The minimum absolute atomic E-state index is 0.195. The van der Waals surface area contributed by atoms with Crippen LogP contribution in [0.15, 0.2) is 0 Å². The standard InChI is InChI=1S/C13H25NO/c1-11(2)10-12-13(15-9-8-14-12)6-4-3-5-7-13/h11-12,14H,3-10H2,1-2H3. The SMILES string of the molecule is CC(C)CC1NCCOC12CCCCC2. The van der Waals surface area contributed by atoms with Gasteiger partial charge in [0.15, 0.2) is 0 Å². The summed E-state index contributed by atoms with van der Waals surface area (Å²) in [4.78, 5) is 0. The van der Waals surface area contributed by atoms with Crippen LogP contribution in [0, 0.1) is 5.92 Å². The molecular formula is C13H25NO. The van der Waals surface area contributed by atoms with Crippen molar-refractivity contribution in [3.8, 4) is 0 Å². The van der Waals surface area contributed by atoms with Crippen molar-refractivity contribution in [3.63, 3.8) is 0 Å². The Morgan fingerprint density at radius 3 is 2.67 bits per heavy atom. The molecule has 0 radical (unpaired) electrons. The molecule has 0 aromatic carbocycles. The molecule has 88 valence electrons. The molecule has 2 nitrogen and oxygen atoms in total. The highest BCUT2D eigenvalue weighted by molar-refractivity contribution is 4.97. The summed E-state index contributed by atoms with van der Waals surface area (Å²) >= 11 is 0. The van der Waals surface area contributed by atoms with Gasteiger partial charge in [0.2, 0.25) is 0 Å². The van der Waals surface area contributed by atoms with Crippen molar-refractivity contribution in [3.05, 3.63) is 0 Å². The summed E-state index contributed by atoms with van der Waals surface area (Å²) in [5.41, 5.74) is 0.195. The summed E-state index contributed by atoms with van der Waals surface area (Å²) in [7, 11) is 0. The largest absolute Gasteiger partial charge is 0.372 e. The smallest absolute Gasteiger partial charge is 0.0835 e. The Bertz CT molecular complexity index is 188. The number of rotatable bonds is 2. The third kappa shape index (κ3) is 2.54. The van der Waals surface area contributed by atoms with E-state index in [1.54, 1.807) is 0 Å². The van der Waals surface area contributed by atoms with Crippen molar-refractivity contribution in [2.45, 2.75) is 64.0 Å². The second-order valence-electron chi connectivity index (χ2n) is 5.61. The van der Waals surface area contributed by atoms with Gasteiger partial charge >= 0.3 is 0 Å². The predicted octanol–water partition coefficient (Wildman–Crippen LogP) is 2.72. The molecule has 2 fully saturated rings. The maximum Gasteiger partial charge on any atom is 0.0835 e. The third-order valence-electron chi connectivity index (χ3n) is 3.92. The zero-order valence-corrected chi connectivity index (χ0v) is 10.2. The zero-order valence-electron chi connectivity index (χ0n) is 10.2. The molecule has 1 heterocycles. The van der Waals surface area contributed by atoms with Crippen molar-refractivity contribution in [2.75, 3.05) is 13.2 Å². The van der Waals surface area contributed by atoms with Gasteiger partial charge in [0.25, 0.3) is 0 Å². The highest BCUT2D eigenvalue weighted by Crippen LogP contribution is 2.37. The minimum atomic E-state index is 0.195. The van der Waals surface area contributed by atoms with Crippen LogP contribution in [0.25, 0.3) is 0 Å². The zero-order chi connectivity index (χ0) is 10.7. The predicted molar refractivity (Wildman–Crippen MR) is 63.0 cm³/mol. The molecule has 1 saturated heterocycles. The molecule has 0 aromatic rings. The molecule has 1 aliphatic heterocycles. The van der Waals surface area contributed by atoms with Crippen LogP contribution in [0.3, 0.4) is 0 Å². The van der Waals surface area contributed by atoms with Crippen LogP contribution >= 0.6 is 0 Å². The fourth-order valence-electron chi connectivity index (χ4n) is 3.19. The van der Waals surface area contributed by atoms with E-state index in [1.165, 1.54) is 38.5 Å². The Kier molecular flexibility index (Phi) is 3.68. The lowest BCUT2D eigenvalue weighted by molar-refractivity contribution is -0.121. The lowest BCUT2D eigenvalue weighted by Crippen LogP contribution is -2.59. The average Bonchev–Trinajstić information content (AvgIpc) is 2.23. The molecular weight excluding hydrogens is 186 g/mol. The quantitative estimate of drug-likeness (QED) is 0.758. The first kappa shape index (κ1) is 11.4. The third-order valence-corrected chi connectivity index (χ3v) is 3.92. The average molecular weight is 211 g/mol. The van der Waals surface area contributed by atoms with Gasteiger partial charge in [-0.1, -0.05) is 33.1 Å². The fourth-order valence-corrected chi connectivity index (χ4v) is 3.19. The molecule has 1 unspecified atom stereocenters. The van der Waals surface area contributed by atoms with E-state index in [4.69, 9.17) is 4.74 Å².